The highest BCUT2D eigenvalue weighted by Gasteiger charge is 2.10. The molecule has 0 saturated heterocycles. The van der Waals surface area contributed by atoms with Crippen molar-refractivity contribution in [2.75, 3.05) is 6.54 Å². The zero-order valence-electron chi connectivity index (χ0n) is 12.5. The van der Waals surface area contributed by atoms with Crippen LogP contribution in [0.15, 0.2) is 57.5 Å². The number of hydrogen-bond acceptors (Lipinski definition) is 4. The lowest BCUT2D eigenvalue weighted by Gasteiger charge is -2.03. The summed E-state index contributed by atoms with van der Waals surface area (Å²) in [6.07, 6.45) is 0.413. The van der Waals surface area contributed by atoms with Crippen LogP contribution in [0, 0.1) is 5.82 Å². The maximum absolute atomic E-state index is 12.9. The first kappa shape index (κ1) is 16.3. The lowest BCUT2D eigenvalue weighted by molar-refractivity contribution is 0.0953. The van der Waals surface area contributed by atoms with E-state index in [-0.39, 0.29) is 11.7 Å². The van der Waals surface area contributed by atoms with Crippen LogP contribution in [-0.2, 0) is 6.42 Å². The van der Waals surface area contributed by atoms with Crippen LogP contribution in [-0.4, -0.2) is 22.6 Å². The minimum absolute atomic E-state index is 0.166. The van der Waals surface area contributed by atoms with E-state index in [0.717, 1.165) is 4.47 Å². The maximum Gasteiger partial charge on any atom is 0.251 e. The molecule has 0 aliphatic carbocycles. The van der Waals surface area contributed by atoms with Gasteiger partial charge in [-0.05, 0) is 48.5 Å². The summed E-state index contributed by atoms with van der Waals surface area (Å²) in [5, 5.41) is 6.65. The Kier molecular flexibility index (Phi) is 5.00. The molecule has 0 aliphatic rings. The van der Waals surface area contributed by atoms with E-state index in [1.807, 2.05) is 12.1 Å². The molecule has 1 N–H and O–H groups in total. The molecule has 0 spiro atoms. The first-order valence-corrected chi connectivity index (χ1v) is 8.03. The molecule has 2 aromatic carbocycles. The number of nitrogens with zero attached hydrogens (tertiary/aromatic N) is 2. The molecule has 5 nitrogen and oxygen atoms in total. The summed E-state index contributed by atoms with van der Waals surface area (Å²) in [6, 6.07) is 12.9. The van der Waals surface area contributed by atoms with Crippen LogP contribution in [0.2, 0.25) is 0 Å². The van der Waals surface area contributed by atoms with E-state index in [1.165, 1.54) is 12.1 Å². The average Bonchev–Trinajstić information content (AvgIpc) is 3.05. The third-order valence-electron chi connectivity index (χ3n) is 3.30. The van der Waals surface area contributed by atoms with E-state index in [1.54, 1.807) is 24.3 Å². The van der Waals surface area contributed by atoms with E-state index in [0.29, 0.717) is 35.8 Å². The summed E-state index contributed by atoms with van der Waals surface area (Å²) >= 11 is 3.32. The fourth-order valence-corrected chi connectivity index (χ4v) is 2.32. The van der Waals surface area contributed by atoms with E-state index < -0.39 is 0 Å². The third-order valence-corrected chi connectivity index (χ3v) is 3.83. The predicted octanol–water partition coefficient (Wildman–Crippen LogP) is 3.61. The van der Waals surface area contributed by atoms with Crippen molar-refractivity contribution in [1.29, 1.82) is 0 Å². The van der Waals surface area contributed by atoms with Gasteiger partial charge in [-0.25, -0.2) is 4.39 Å². The standard InChI is InChI=1S/C17H13BrFN3O2/c18-13-5-1-12(2-6-13)17(23)20-10-9-15-21-16(22-24-15)11-3-7-14(19)8-4-11/h1-8H,9-10H2,(H,20,23). The highest BCUT2D eigenvalue weighted by molar-refractivity contribution is 9.10. The van der Waals surface area contributed by atoms with Crippen molar-refractivity contribution in [2.45, 2.75) is 6.42 Å². The van der Waals surface area contributed by atoms with Crippen molar-refractivity contribution in [1.82, 2.24) is 15.5 Å². The second-order valence-corrected chi connectivity index (χ2v) is 5.95. The second-order valence-electron chi connectivity index (χ2n) is 5.03. The van der Waals surface area contributed by atoms with Gasteiger partial charge in [0.2, 0.25) is 11.7 Å². The first-order chi connectivity index (χ1) is 11.6. The minimum atomic E-state index is -0.321. The van der Waals surface area contributed by atoms with Crippen molar-refractivity contribution in [3.63, 3.8) is 0 Å². The molecule has 0 unspecified atom stereocenters. The van der Waals surface area contributed by atoms with Crippen LogP contribution < -0.4 is 5.32 Å². The van der Waals surface area contributed by atoms with Crippen LogP contribution in [0.3, 0.4) is 0 Å². The topological polar surface area (TPSA) is 68.0 Å². The molecule has 0 fully saturated rings. The van der Waals surface area contributed by atoms with Crippen LogP contribution in [0.25, 0.3) is 11.4 Å². The number of halogens is 2. The van der Waals surface area contributed by atoms with Gasteiger partial charge in [-0.1, -0.05) is 21.1 Å². The fourth-order valence-electron chi connectivity index (χ4n) is 2.06. The quantitative estimate of drug-likeness (QED) is 0.723. The van der Waals surface area contributed by atoms with Crippen molar-refractivity contribution in [3.8, 4) is 11.4 Å². The molecule has 24 heavy (non-hydrogen) atoms. The van der Waals surface area contributed by atoms with E-state index in [4.69, 9.17) is 4.52 Å². The van der Waals surface area contributed by atoms with Crippen LogP contribution in [0.4, 0.5) is 4.39 Å². The van der Waals surface area contributed by atoms with Crippen molar-refractivity contribution in [3.05, 3.63) is 70.3 Å². The SMILES string of the molecule is O=C(NCCc1nc(-c2ccc(F)cc2)no1)c1ccc(Br)cc1. The number of aromatic nitrogens is 2. The van der Waals surface area contributed by atoms with Gasteiger partial charge < -0.3 is 9.84 Å². The Balaban J connectivity index is 1.55. The smallest absolute Gasteiger partial charge is 0.251 e. The Labute approximate surface area is 146 Å². The normalized spacial score (nSPS) is 10.6. The van der Waals surface area contributed by atoms with Gasteiger partial charge in [0.05, 0.1) is 0 Å². The van der Waals surface area contributed by atoms with Gasteiger partial charge in [-0.2, -0.15) is 4.98 Å². The van der Waals surface area contributed by atoms with E-state index in [2.05, 4.69) is 31.4 Å². The van der Waals surface area contributed by atoms with Crippen LogP contribution in [0.5, 0.6) is 0 Å². The molecule has 7 heteroatoms. The van der Waals surface area contributed by atoms with Crippen molar-refractivity contribution in [2.24, 2.45) is 0 Å². The third kappa shape index (κ3) is 4.05. The number of amides is 1. The summed E-state index contributed by atoms with van der Waals surface area (Å²) in [5.41, 5.74) is 1.25. The zero-order chi connectivity index (χ0) is 16.9. The first-order valence-electron chi connectivity index (χ1n) is 7.24. The molecule has 0 bridgehead atoms. The fraction of sp³-hybridized carbons (Fsp3) is 0.118. The summed E-state index contributed by atoms with van der Waals surface area (Å²) in [6.45, 7) is 0.375. The maximum atomic E-state index is 12.9. The molecule has 122 valence electrons. The Hall–Kier alpha value is -2.54. The number of carbonyl (C=O) groups is 1. The molecule has 0 radical (unpaired) electrons. The summed E-state index contributed by atoms with van der Waals surface area (Å²) in [4.78, 5) is 16.2. The van der Waals surface area contributed by atoms with Crippen molar-refractivity contribution < 1.29 is 13.7 Å². The molecule has 3 aromatic rings. The zero-order valence-corrected chi connectivity index (χ0v) is 14.1. The largest absolute Gasteiger partial charge is 0.352 e. The second kappa shape index (κ2) is 7.35. The average molecular weight is 390 g/mol. The number of nitrogens with one attached hydrogen (secondary N) is 1. The van der Waals surface area contributed by atoms with Gasteiger partial charge in [-0.15, -0.1) is 0 Å². The van der Waals surface area contributed by atoms with Crippen LogP contribution in [0.1, 0.15) is 16.2 Å². The lowest BCUT2D eigenvalue weighted by atomic mass is 10.2. The minimum Gasteiger partial charge on any atom is -0.352 e. The monoisotopic (exact) mass is 389 g/mol. The van der Waals surface area contributed by atoms with Gasteiger partial charge in [0, 0.05) is 28.6 Å². The Morgan fingerprint density at radius 2 is 1.83 bits per heavy atom. The van der Waals surface area contributed by atoms with Gasteiger partial charge in [-0.3, -0.25) is 4.79 Å². The Morgan fingerprint density at radius 1 is 1.12 bits per heavy atom. The highest BCUT2D eigenvalue weighted by atomic mass is 79.9. The number of carbonyl (C=O) groups excluding carboxylic acids is 1. The molecular weight excluding hydrogens is 377 g/mol. The van der Waals surface area contributed by atoms with Gasteiger partial charge in [0.1, 0.15) is 5.82 Å². The van der Waals surface area contributed by atoms with Crippen molar-refractivity contribution >= 4 is 21.8 Å². The summed E-state index contributed by atoms with van der Waals surface area (Å²) in [5.74, 6) is 0.313. The van der Waals surface area contributed by atoms with Gasteiger partial charge in [0.25, 0.3) is 5.91 Å². The van der Waals surface area contributed by atoms with Gasteiger partial charge in [0.15, 0.2) is 0 Å². The predicted molar refractivity (Wildman–Crippen MR) is 89.9 cm³/mol. The molecule has 3 rings (SSSR count). The Morgan fingerprint density at radius 3 is 2.54 bits per heavy atom. The number of rotatable bonds is 5. The Bertz CT molecular complexity index is 832. The molecule has 0 atom stereocenters. The molecular formula is C17H13BrFN3O2. The lowest BCUT2D eigenvalue weighted by Crippen LogP contribution is -2.25. The van der Waals surface area contributed by atoms with Crippen LogP contribution >= 0.6 is 15.9 Å². The molecule has 0 aliphatic heterocycles. The van der Waals surface area contributed by atoms with E-state index in [9.17, 15) is 9.18 Å². The van der Waals surface area contributed by atoms with E-state index >= 15 is 0 Å². The highest BCUT2D eigenvalue weighted by Crippen LogP contribution is 2.16. The summed E-state index contributed by atoms with van der Waals surface area (Å²) in [7, 11) is 0. The summed E-state index contributed by atoms with van der Waals surface area (Å²) < 4.78 is 19.0. The molecule has 1 amide bonds. The number of hydrogen-bond donors (Lipinski definition) is 1. The molecule has 1 heterocycles. The van der Waals surface area contributed by atoms with Gasteiger partial charge >= 0.3 is 0 Å². The molecule has 1 aromatic heterocycles. The number of benzene rings is 2. The molecule has 0 saturated carbocycles.